The molecule has 25 heavy (non-hydrogen) atoms. The van der Waals surface area contributed by atoms with E-state index in [2.05, 4.69) is 69.2 Å². The van der Waals surface area contributed by atoms with Gasteiger partial charge in [-0.2, -0.15) is 0 Å². The summed E-state index contributed by atoms with van der Waals surface area (Å²) in [4.78, 5) is 18.3. The molecule has 0 saturated heterocycles. The third kappa shape index (κ3) is 3.26. The molecule has 1 aromatic carbocycles. The van der Waals surface area contributed by atoms with Gasteiger partial charge in [-0.05, 0) is 12.0 Å². The number of hydrogen-bond donors (Lipinski definition) is 0. The lowest BCUT2D eigenvalue weighted by atomic mass is 10.1. The molecule has 0 N–H and O–H groups in total. The molecule has 3 heterocycles. The van der Waals surface area contributed by atoms with Crippen LogP contribution >= 0.6 is 11.8 Å². The van der Waals surface area contributed by atoms with Crippen molar-refractivity contribution in [3.8, 4) is 11.5 Å². The number of thioether (sulfide) groups is 1. The summed E-state index contributed by atoms with van der Waals surface area (Å²) < 4.78 is 2.31. The molecular weight excluding hydrogens is 346 g/mol. The Morgan fingerprint density at radius 3 is 2.68 bits per heavy atom. The molecule has 0 aromatic heterocycles. The molecule has 3 aliphatic rings. The predicted octanol–water partition coefficient (Wildman–Crippen LogP) is 3.57. The van der Waals surface area contributed by atoms with Crippen molar-refractivity contribution in [3.05, 3.63) is 54.2 Å². The van der Waals surface area contributed by atoms with Gasteiger partial charge in [0.2, 0.25) is 0 Å². The van der Waals surface area contributed by atoms with Gasteiger partial charge in [0.05, 0.1) is 18.1 Å². The summed E-state index contributed by atoms with van der Waals surface area (Å²) in [7, 11) is -1.64. The summed E-state index contributed by atoms with van der Waals surface area (Å²) in [5.41, 5.74) is 3.31. The van der Waals surface area contributed by atoms with Gasteiger partial charge in [0.1, 0.15) is 17.1 Å². The van der Waals surface area contributed by atoms with E-state index in [0.29, 0.717) is 11.9 Å². The van der Waals surface area contributed by atoms with Crippen LogP contribution < -0.4 is 0 Å². The van der Waals surface area contributed by atoms with Gasteiger partial charge in [-0.25, -0.2) is 15.0 Å². The highest BCUT2D eigenvalue weighted by molar-refractivity contribution is 8.14. The maximum Gasteiger partial charge on any atom is 0.183 e. The van der Waals surface area contributed by atoms with Gasteiger partial charge in [0, 0.05) is 5.75 Å². The van der Waals surface area contributed by atoms with Gasteiger partial charge in [0.25, 0.3) is 0 Å². The largest absolute Gasteiger partial charge is 0.357 e. The van der Waals surface area contributed by atoms with E-state index in [9.17, 15) is 0 Å². The molecular formula is C18H21N5SSi. The van der Waals surface area contributed by atoms with Gasteiger partial charge >= 0.3 is 0 Å². The molecule has 0 radical (unpaired) electrons. The molecule has 3 aliphatic heterocycles. The highest BCUT2D eigenvalue weighted by Crippen LogP contribution is 2.31. The summed E-state index contributed by atoms with van der Waals surface area (Å²) in [6.07, 6.45) is 4.49. The van der Waals surface area contributed by atoms with Crippen LogP contribution in [0.4, 0.5) is 0 Å². The third-order valence-corrected chi connectivity index (χ3v) is 7.20. The van der Waals surface area contributed by atoms with Crippen LogP contribution in [0.15, 0.2) is 48.0 Å². The molecule has 0 fully saturated rings. The molecule has 0 bridgehead atoms. The van der Waals surface area contributed by atoms with Gasteiger partial charge in [-0.15, -0.1) is 11.8 Å². The normalized spacial score (nSPS) is 17.9. The van der Waals surface area contributed by atoms with Crippen molar-refractivity contribution in [2.75, 3.05) is 5.75 Å². The first-order valence-electron chi connectivity index (χ1n) is 8.46. The number of fused-ring (bicyclic) bond motifs is 1. The number of benzene rings is 1. The van der Waals surface area contributed by atoms with Crippen molar-refractivity contribution in [1.82, 2.24) is 19.2 Å². The molecule has 1 atom stereocenters. The highest BCUT2D eigenvalue weighted by Gasteiger charge is 2.30. The second-order valence-electron chi connectivity index (χ2n) is 7.27. The summed E-state index contributed by atoms with van der Waals surface area (Å²) in [5.74, 6) is 1.72. The Labute approximate surface area is 153 Å². The standard InChI is InChI=1S/C18H21N5SSi/c1-25(2,3)23-12-21-17-15(19-11-20-17)16(23)18-22-14(10-24-18)9-13-7-5-4-6-8-13/h4-8,11-12,14H,9-10H2,1-3H3. The first-order chi connectivity index (χ1) is 12.0. The van der Waals surface area contributed by atoms with E-state index in [0.717, 1.165) is 28.6 Å². The van der Waals surface area contributed by atoms with Crippen LogP contribution in [-0.2, 0) is 6.42 Å². The van der Waals surface area contributed by atoms with E-state index < -0.39 is 8.24 Å². The first-order valence-corrected chi connectivity index (χ1v) is 12.9. The fraction of sp³-hybridized carbons (Fsp3) is 0.333. The number of hydrogen-bond acceptors (Lipinski definition) is 5. The zero-order valence-electron chi connectivity index (χ0n) is 14.7. The van der Waals surface area contributed by atoms with E-state index in [4.69, 9.17) is 4.99 Å². The maximum absolute atomic E-state index is 5.04. The molecule has 1 aromatic rings. The Balaban J connectivity index is 1.72. The van der Waals surface area contributed by atoms with Crippen LogP contribution in [0.2, 0.25) is 19.6 Å². The Hall–Kier alpha value is -1.99. The smallest absolute Gasteiger partial charge is 0.183 e. The van der Waals surface area contributed by atoms with E-state index in [1.807, 2.05) is 18.1 Å². The van der Waals surface area contributed by atoms with Crippen LogP contribution in [0.3, 0.4) is 0 Å². The van der Waals surface area contributed by atoms with Crippen molar-refractivity contribution in [1.29, 1.82) is 0 Å². The van der Waals surface area contributed by atoms with Crippen molar-refractivity contribution in [2.24, 2.45) is 4.99 Å². The van der Waals surface area contributed by atoms with E-state index in [1.165, 1.54) is 5.56 Å². The van der Waals surface area contributed by atoms with Crippen molar-refractivity contribution >= 4 is 25.0 Å². The number of aromatic nitrogens is 4. The third-order valence-electron chi connectivity index (χ3n) is 4.29. The molecule has 0 spiro atoms. The number of imidazole rings is 1. The van der Waals surface area contributed by atoms with Crippen LogP contribution in [-0.4, -0.2) is 44.3 Å². The predicted molar refractivity (Wildman–Crippen MR) is 106 cm³/mol. The highest BCUT2D eigenvalue weighted by atomic mass is 32.2. The van der Waals surface area contributed by atoms with Gasteiger partial charge < -0.3 is 4.23 Å². The fourth-order valence-corrected chi connectivity index (χ4v) is 5.52. The molecule has 128 valence electrons. The van der Waals surface area contributed by atoms with Crippen molar-refractivity contribution in [3.63, 3.8) is 0 Å². The van der Waals surface area contributed by atoms with Gasteiger partial charge in [-0.3, -0.25) is 4.99 Å². The lowest BCUT2D eigenvalue weighted by Gasteiger charge is -2.25. The molecule has 5 nitrogen and oxygen atoms in total. The summed E-state index contributed by atoms with van der Waals surface area (Å²) in [5, 5.41) is 1.08. The maximum atomic E-state index is 5.04. The Morgan fingerprint density at radius 2 is 1.92 bits per heavy atom. The molecule has 1 unspecified atom stereocenters. The Bertz CT molecular complexity index is 884. The molecule has 4 rings (SSSR count). The minimum Gasteiger partial charge on any atom is -0.357 e. The van der Waals surface area contributed by atoms with Crippen LogP contribution in [0.25, 0.3) is 11.5 Å². The lowest BCUT2D eigenvalue weighted by molar-refractivity contribution is 0.762. The number of rotatable bonds is 4. The average molecular weight is 368 g/mol. The Kier molecular flexibility index (Phi) is 4.21. The van der Waals surface area contributed by atoms with E-state index >= 15 is 0 Å². The van der Waals surface area contributed by atoms with Crippen LogP contribution in [0, 0.1) is 0 Å². The number of nitrogens with zero attached hydrogens (tertiary/aromatic N) is 5. The first kappa shape index (κ1) is 16.5. The quantitative estimate of drug-likeness (QED) is 0.662. The molecule has 0 amide bonds. The zero-order valence-corrected chi connectivity index (χ0v) is 16.5. The van der Waals surface area contributed by atoms with Gasteiger partial charge in [0.15, 0.2) is 14.1 Å². The SMILES string of the molecule is C[Si](C)(C)n1cnc2ncnc-2c1C1=NC(Cc2ccccc2)CS1. The summed E-state index contributed by atoms with van der Waals surface area (Å²) in [6.45, 7) is 6.92. The molecule has 0 aliphatic carbocycles. The van der Waals surface area contributed by atoms with Crippen molar-refractivity contribution in [2.45, 2.75) is 32.1 Å². The summed E-state index contributed by atoms with van der Waals surface area (Å²) in [6, 6.07) is 10.9. The second kappa shape index (κ2) is 6.38. The molecule has 7 heteroatoms. The van der Waals surface area contributed by atoms with E-state index in [1.54, 1.807) is 6.33 Å². The van der Waals surface area contributed by atoms with Gasteiger partial charge in [-0.1, -0.05) is 50.0 Å². The van der Waals surface area contributed by atoms with E-state index in [-0.39, 0.29) is 0 Å². The molecule has 0 saturated carbocycles. The number of aliphatic imine (C=N–C) groups is 1. The zero-order chi connectivity index (χ0) is 17.4. The van der Waals surface area contributed by atoms with Crippen molar-refractivity contribution < 1.29 is 0 Å². The topological polar surface area (TPSA) is 56.0 Å². The Morgan fingerprint density at radius 1 is 1.12 bits per heavy atom. The second-order valence-corrected chi connectivity index (χ2v) is 13.1. The minimum absolute atomic E-state index is 0.309. The summed E-state index contributed by atoms with van der Waals surface area (Å²) >= 11 is 1.83. The lowest BCUT2D eigenvalue weighted by Crippen LogP contribution is -2.36. The van der Waals surface area contributed by atoms with Crippen LogP contribution in [0.1, 0.15) is 11.3 Å². The monoisotopic (exact) mass is 367 g/mol. The fourth-order valence-electron chi connectivity index (χ4n) is 3.05. The van der Waals surface area contributed by atoms with Crippen LogP contribution in [0.5, 0.6) is 0 Å². The average Bonchev–Trinajstić information content (AvgIpc) is 3.23. The minimum atomic E-state index is -1.64.